The molecule has 1 unspecified atom stereocenters. The van der Waals surface area contributed by atoms with Crippen LogP contribution < -0.4 is 4.74 Å². The largest absolute Gasteiger partial charge is 0.484 e. The number of nitriles is 1. The van der Waals surface area contributed by atoms with Gasteiger partial charge in [-0.25, -0.2) is 4.79 Å². The predicted octanol–water partition coefficient (Wildman–Crippen LogP) is 5.27. The van der Waals surface area contributed by atoms with Gasteiger partial charge in [0.1, 0.15) is 23.5 Å². The van der Waals surface area contributed by atoms with Crippen molar-refractivity contribution in [1.82, 2.24) is 9.80 Å². The zero-order valence-corrected chi connectivity index (χ0v) is 19.6. The van der Waals surface area contributed by atoms with Crippen LogP contribution in [0.25, 0.3) is 0 Å². The van der Waals surface area contributed by atoms with Gasteiger partial charge in [0.25, 0.3) is 0 Å². The topological polar surface area (TPSA) is 65.8 Å². The molecule has 0 spiro atoms. The Labute approximate surface area is 195 Å². The van der Waals surface area contributed by atoms with Crippen LogP contribution in [-0.4, -0.2) is 54.2 Å². The molecule has 32 heavy (non-hydrogen) atoms. The molecule has 1 heterocycles. The Hall–Kier alpha value is -2.75. The molecule has 0 aromatic heterocycles. The number of halogens is 1. The van der Waals surface area contributed by atoms with E-state index in [1.54, 1.807) is 23.1 Å². The lowest BCUT2D eigenvalue weighted by Crippen LogP contribution is -2.50. The van der Waals surface area contributed by atoms with Gasteiger partial charge in [0, 0.05) is 50.2 Å². The standard InChI is InChI=1S/C25H30ClN3O3/c1-25(2,3)32-24(30)29-15-13-28(14-16-29)12-11-22(19-7-5-4-6-8-19)31-23-17-21(26)10-9-20(23)18-27/h4-10,17,22H,11-16H2,1-3H3. The Kier molecular flexibility index (Phi) is 8.00. The second kappa shape index (κ2) is 10.7. The lowest BCUT2D eigenvalue weighted by molar-refractivity contribution is 0.0135. The molecule has 1 atom stereocenters. The number of carbonyl (C=O) groups excluding carboxylic acids is 1. The quantitative estimate of drug-likeness (QED) is 0.593. The molecule has 3 rings (SSSR count). The summed E-state index contributed by atoms with van der Waals surface area (Å²) < 4.78 is 11.8. The molecule has 2 aromatic rings. The highest BCUT2D eigenvalue weighted by atomic mass is 35.5. The minimum Gasteiger partial charge on any atom is -0.484 e. The van der Waals surface area contributed by atoms with E-state index >= 15 is 0 Å². The number of amides is 1. The van der Waals surface area contributed by atoms with Crippen LogP contribution in [0.2, 0.25) is 5.02 Å². The number of ether oxygens (including phenoxy) is 2. The molecule has 1 aliphatic rings. The van der Waals surface area contributed by atoms with E-state index in [-0.39, 0.29) is 12.2 Å². The molecule has 1 saturated heterocycles. The van der Waals surface area contributed by atoms with Crippen molar-refractivity contribution in [3.8, 4) is 11.8 Å². The summed E-state index contributed by atoms with van der Waals surface area (Å²) in [4.78, 5) is 16.4. The first kappa shape index (κ1) is 23.9. The van der Waals surface area contributed by atoms with Crippen LogP contribution in [0.15, 0.2) is 48.5 Å². The highest BCUT2D eigenvalue weighted by molar-refractivity contribution is 6.30. The van der Waals surface area contributed by atoms with E-state index in [0.717, 1.165) is 31.6 Å². The van der Waals surface area contributed by atoms with Crippen molar-refractivity contribution >= 4 is 17.7 Å². The summed E-state index contributed by atoms with van der Waals surface area (Å²) in [6.07, 6.45) is 0.270. The molecule has 0 bridgehead atoms. The monoisotopic (exact) mass is 455 g/mol. The van der Waals surface area contributed by atoms with Crippen molar-refractivity contribution in [1.29, 1.82) is 5.26 Å². The van der Waals surface area contributed by atoms with Gasteiger partial charge in [0.05, 0.1) is 5.56 Å². The van der Waals surface area contributed by atoms with Gasteiger partial charge in [0.2, 0.25) is 0 Å². The van der Waals surface area contributed by atoms with E-state index in [2.05, 4.69) is 11.0 Å². The number of benzene rings is 2. The van der Waals surface area contributed by atoms with Crippen LogP contribution >= 0.6 is 11.6 Å². The van der Waals surface area contributed by atoms with Crippen molar-refractivity contribution in [3.05, 3.63) is 64.7 Å². The fraction of sp³-hybridized carbons (Fsp3) is 0.440. The summed E-state index contributed by atoms with van der Waals surface area (Å²) in [5.41, 5.74) is 1.02. The Balaban J connectivity index is 1.62. The third-order valence-corrected chi connectivity index (χ3v) is 5.47. The lowest BCUT2D eigenvalue weighted by Gasteiger charge is -2.36. The molecule has 6 nitrogen and oxygen atoms in total. The number of hydrogen-bond acceptors (Lipinski definition) is 5. The van der Waals surface area contributed by atoms with Crippen molar-refractivity contribution in [2.75, 3.05) is 32.7 Å². The summed E-state index contributed by atoms with van der Waals surface area (Å²) in [6.45, 7) is 9.28. The minimum atomic E-state index is -0.489. The van der Waals surface area contributed by atoms with Crippen LogP contribution in [0, 0.1) is 11.3 Å². The van der Waals surface area contributed by atoms with Gasteiger partial charge in [-0.2, -0.15) is 5.26 Å². The van der Waals surface area contributed by atoms with Crippen molar-refractivity contribution in [2.24, 2.45) is 0 Å². The van der Waals surface area contributed by atoms with Gasteiger partial charge in [-0.05, 0) is 38.5 Å². The summed E-state index contributed by atoms with van der Waals surface area (Å²) in [5.74, 6) is 0.489. The number of piperazine rings is 1. The molecule has 1 fully saturated rings. The Morgan fingerprint density at radius 1 is 1.12 bits per heavy atom. The summed E-state index contributed by atoms with van der Waals surface area (Å²) in [5, 5.41) is 9.97. The average Bonchev–Trinajstić information content (AvgIpc) is 2.76. The highest BCUT2D eigenvalue weighted by Gasteiger charge is 2.26. The maximum absolute atomic E-state index is 12.3. The Morgan fingerprint density at radius 3 is 2.44 bits per heavy atom. The zero-order chi connectivity index (χ0) is 23.1. The van der Waals surface area contributed by atoms with E-state index in [0.29, 0.717) is 29.4 Å². The number of carbonyl (C=O) groups is 1. The van der Waals surface area contributed by atoms with Gasteiger partial charge in [-0.15, -0.1) is 0 Å². The number of nitrogens with zero attached hydrogens (tertiary/aromatic N) is 3. The maximum Gasteiger partial charge on any atom is 0.410 e. The van der Waals surface area contributed by atoms with Crippen molar-refractivity contribution in [3.63, 3.8) is 0 Å². The zero-order valence-electron chi connectivity index (χ0n) is 18.9. The first-order chi connectivity index (χ1) is 15.2. The molecule has 2 aromatic carbocycles. The van der Waals surface area contributed by atoms with Crippen LogP contribution in [0.3, 0.4) is 0 Å². The number of rotatable bonds is 6. The van der Waals surface area contributed by atoms with E-state index in [9.17, 15) is 10.1 Å². The maximum atomic E-state index is 12.3. The summed E-state index contributed by atoms with van der Waals surface area (Å²) in [6, 6.07) is 17.2. The fourth-order valence-corrected chi connectivity index (χ4v) is 3.74. The van der Waals surface area contributed by atoms with E-state index < -0.39 is 5.60 Å². The molecule has 0 N–H and O–H groups in total. The Morgan fingerprint density at radius 2 is 1.81 bits per heavy atom. The minimum absolute atomic E-state index is 0.217. The Bertz CT molecular complexity index is 945. The normalized spacial score (nSPS) is 15.7. The average molecular weight is 456 g/mol. The van der Waals surface area contributed by atoms with E-state index in [4.69, 9.17) is 21.1 Å². The second-order valence-electron chi connectivity index (χ2n) is 8.87. The molecule has 1 aliphatic heterocycles. The first-order valence-electron chi connectivity index (χ1n) is 10.9. The SMILES string of the molecule is CC(C)(C)OC(=O)N1CCN(CCC(Oc2cc(Cl)ccc2C#N)c2ccccc2)CC1. The second-order valence-corrected chi connectivity index (χ2v) is 9.30. The first-order valence-corrected chi connectivity index (χ1v) is 11.2. The van der Waals surface area contributed by atoms with E-state index in [1.165, 1.54) is 0 Å². The van der Waals surface area contributed by atoms with Crippen LogP contribution in [0.5, 0.6) is 5.75 Å². The molecule has 0 saturated carbocycles. The summed E-state index contributed by atoms with van der Waals surface area (Å²) in [7, 11) is 0. The molecule has 170 valence electrons. The third-order valence-electron chi connectivity index (χ3n) is 5.24. The van der Waals surface area contributed by atoms with Crippen LogP contribution in [0.1, 0.15) is 44.4 Å². The molecule has 0 aliphatic carbocycles. The van der Waals surface area contributed by atoms with Gasteiger partial charge in [-0.3, -0.25) is 4.90 Å². The molecular formula is C25H30ClN3O3. The fourth-order valence-electron chi connectivity index (χ4n) is 3.58. The third kappa shape index (κ3) is 6.88. The lowest BCUT2D eigenvalue weighted by atomic mass is 10.1. The number of hydrogen-bond donors (Lipinski definition) is 0. The van der Waals surface area contributed by atoms with Gasteiger partial charge >= 0.3 is 6.09 Å². The van der Waals surface area contributed by atoms with E-state index in [1.807, 2.05) is 51.1 Å². The summed E-state index contributed by atoms with van der Waals surface area (Å²) >= 11 is 6.14. The molecule has 1 amide bonds. The molecule has 0 radical (unpaired) electrons. The highest BCUT2D eigenvalue weighted by Crippen LogP contribution is 2.30. The van der Waals surface area contributed by atoms with Gasteiger partial charge < -0.3 is 14.4 Å². The van der Waals surface area contributed by atoms with Crippen LogP contribution in [-0.2, 0) is 4.74 Å². The molecular weight excluding hydrogens is 426 g/mol. The van der Waals surface area contributed by atoms with Crippen molar-refractivity contribution in [2.45, 2.75) is 38.9 Å². The predicted molar refractivity (Wildman–Crippen MR) is 125 cm³/mol. The molecule has 7 heteroatoms. The smallest absolute Gasteiger partial charge is 0.410 e. The van der Waals surface area contributed by atoms with Crippen molar-refractivity contribution < 1.29 is 14.3 Å². The van der Waals surface area contributed by atoms with Crippen LogP contribution in [0.4, 0.5) is 4.79 Å². The van der Waals surface area contributed by atoms with Gasteiger partial charge in [0.15, 0.2) is 0 Å². The van der Waals surface area contributed by atoms with Gasteiger partial charge in [-0.1, -0.05) is 41.9 Å².